The lowest BCUT2D eigenvalue weighted by molar-refractivity contribution is 0.101. The van der Waals surface area contributed by atoms with Gasteiger partial charge in [0.2, 0.25) is 0 Å². The predicted octanol–water partition coefficient (Wildman–Crippen LogP) is 2.40. The van der Waals surface area contributed by atoms with E-state index < -0.39 is 0 Å². The molecule has 1 aliphatic heterocycles. The van der Waals surface area contributed by atoms with E-state index in [4.69, 9.17) is 10.5 Å². The molecule has 1 aromatic rings. The van der Waals surface area contributed by atoms with Crippen molar-refractivity contribution in [2.24, 2.45) is 5.73 Å². The zero-order valence-electron chi connectivity index (χ0n) is 7.41. The Balaban J connectivity index is 2.31. The second-order valence-electron chi connectivity index (χ2n) is 3.26. The fourth-order valence-electron chi connectivity index (χ4n) is 1.52. The zero-order chi connectivity index (χ0) is 10.1. The van der Waals surface area contributed by atoms with E-state index in [1.807, 2.05) is 6.07 Å². The summed E-state index contributed by atoms with van der Waals surface area (Å²) in [7, 11) is 0. The highest BCUT2D eigenvalue weighted by molar-refractivity contribution is 9.11. The maximum atomic E-state index is 5.92. The number of halogens is 2. The molecule has 1 aromatic heterocycles. The Kier molecular flexibility index (Phi) is 3.21. The molecule has 1 fully saturated rings. The molecule has 0 spiro atoms. The van der Waals surface area contributed by atoms with Crippen molar-refractivity contribution in [2.75, 3.05) is 6.61 Å². The summed E-state index contributed by atoms with van der Waals surface area (Å²) in [5.41, 5.74) is 6.81. The van der Waals surface area contributed by atoms with Crippen LogP contribution in [0.25, 0.3) is 0 Å². The number of hydrogen-bond acceptors (Lipinski definition) is 3. The van der Waals surface area contributed by atoms with Gasteiger partial charge in [0.15, 0.2) is 0 Å². The normalized spacial score (nSPS) is 26.8. The van der Waals surface area contributed by atoms with Crippen LogP contribution in [-0.4, -0.2) is 17.6 Å². The largest absolute Gasteiger partial charge is 0.370 e. The van der Waals surface area contributed by atoms with E-state index in [0.717, 1.165) is 27.7 Å². The molecule has 2 atom stereocenters. The van der Waals surface area contributed by atoms with Gasteiger partial charge in [0.1, 0.15) is 6.10 Å². The highest BCUT2D eigenvalue weighted by Gasteiger charge is 2.29. The van der Waals surface area contributed by atoms with Crippen molar-refractivity contribution in [3.8, 4) is 0 Å². The van der Waals surface area contributed by atoms with Crippen LogP contribution in [0.1, 0.15) is 18.2 Å². The van der Waals surface area contributed by atoms with Crippen molar-refractivity contribution >= 4 is 31.9 Å². The first-order valence-electron chi connectivity index (χ1n) is 4.36. The summed E-state index contributed by atoms with van der Waals surface area (Å²) in [4.78, 5) is 4.31. The minimum absolute atomic E-state index is 0.0555. The summed E-state index contributed by atoms with van der Waals surface area (Å²) in [5, 5.41) is 0. The molecule has 2 N–H and O–H groups in total. The Bertz CT molecular complexity index is 346. The summed E-state index contributed by atoms with van der Waals surface area (Å²) < 4.78 is 7.42. The molecule has 0 aromatic carbocycles. The summed E-state index contributed by atoms with van der Waals surface area (Å²) >= 11 is 6.81. The van der Waals surface area contributed by atoms with E-state index in [9.17, 15) is 0 Å². The van der Waals surface area contributed by atoms with Crippen molar-refractivity contribution in [1.29, 1.82) is 0 Å². The third-order valence-corrected chi connectivity index (χ3v) is 3.31. The fourth-order valence-corrected chi connectivity index (χ4v) is 2.74. The van der Waals surface area contributed by atoms with Crippen LogP contribution >= 0.6 is 31.9 Å². The first-order chi connectivity index (χ1) is 6.68. The quantitative estimate of drug-likeness (QED) is 0.864. The first-order valence-corrected chi connectivity index (χ1v) is 5.95. The van der Waals surface area contributed by atoms with Crippen LogP contribution in [0.2, 0.25) is 0 Å². The van der Waals surface area contributed by atoms with E-state index in [2.05, 4.69) is 36.8 Å². The molecular formula is C9H10Br2N2O. The molecule has 0 saturated carbocycles. The van der Waals surface area contributed by atoms with Gasteiger partial charge in [-0.05, 0) is 44.3 Å². The molecule has 2 unspecified atom stereocenters. The third-order valence-electron chi connectivity index (χ3n) is 2.24. The van der Waals surface area contributed by atoms with Crippen LogP contribution in [0.3, 0.4) is 0 Å². The van der Waals surface area contributed by atoms with Crippen molar-refractivity contribution in [1.82, 2.24) is 4.98 Å². The summed E-state index contributed by atoms with van der Waals surface area (Å²) in [5.74, 6) is 0. The molecule has 76 valence electrons. The molecule has 5 heteroatoms. The number of aromatic nitrogens is 1. The molecular weight excluding hydrogens is 312 g/mol. The molecule has 2 heterocycles. The van der Waals surface area contributed by atoms with Crippen molar-refractivity contribution in [3.63, 3.8) is 0 Å². The molecule has 3 nitrogen and oxygen atoms in total. The summed E-state index contributed by atoms with van der Waals surface area (Å²) in [6.07, 6.45) is 2.58. The Morgan fingerprint density at radius 1 is 1.50 bits per heavy atom. The standard InChI is InChI=1S/C9H10Br2N2O/c10-5-3-6(11)8(13-4-5)9-7(12)1-2-14-9/h3-4,7,9H,1-2,12H2. The second-order valence-corrected chi connectivity index (χ2v) is 5.03. The highest BCUT2D eigenvalue weighted by Crippen LogP contribution is 2.32. The number of rotatable bonds is 1. The maximum Gasteiger partial charge on any atom is 0.116 e. The fraction of sp³-hybridized carbons (Fsp3) is 0.444. The van der Waals surface area contributed by atoms with E-state index in [1.165, 1.54) is 0 Å². The van der Waals surface area contributed by atoms with Crippen molar-refractivity contribution in [2.45, 2.75) is 18.6 Å². The van der Waals surface area contributed by atoms with Gasteiger partial charge >= 0.3 is 0 Å². The average Bonchev–Trinajstić information content (AvgIpc) is 2.52. The Morgan fingerprint density at radius 3 is 2.86 bits per heavy atom. The number of ether oxygens (including phenoxy) is 1. The SMILES string of the molecule is NC1CCOC1c1ncc(Br)cc1Br. The van der Waals surface area contributed by atoms with E-state index in [1.54, 1.807) is 6.20 Å². The molecule has 0 radical (unpaired) electrons. The smallest absolute Gasteiger partial charge is 0.116 e. The summed E-state index contributed by atoms with van der Waals surface area (Å²) in [6, 6.07) is 2.01. The van der Waals surface area contributed by atoms with Gasteiger partial charge < -0.3 is 10.5 Å². The topological polar surface area (TPSA) is 48.1 Å². The van der Waals surface area contributed by atoms with Crippen LogP contribution in [0.15, 0.2) is 21.2 Å². The highest BCUT2D eigenvalue weighted by atomic mass is 79.9. The number of nitrogens with zero attached hydrogens (tertiary/aromatic N) is 1. The lowest BCUT2D eigenvalue weighted by atomic mass is 10.1. The molecule has 0 amide bonds. The number of nitrogens with two attached hydrogens (primary N) is 1. The van der Waals surface area contributed by atoms with Gasteiger partial charge in [0.25, 0.3) is 0 Å². The second kappa shape index (κ2) is 4.26. The van der Waals surface area contributed by atoms with Crippen LogP contribution in [0, 0.1) is 0 Å². The Hall–Kier alpha value is 0.0300. The predicted molar refractivity (Wildman–Crippen MR) is 60.9 cm³/mol. The molecule has 1 aliphatic rings. The zero-order valence-corrected chi connectivity index (χ0v) is 10.6. The van der Waals surface area contributed by atoms with Gasteiger partial charge in [0, 0.05) is 27.8 Å². The van der Waals surface area contributed by atoms with Crippen molar-refractivity contribution < 1.29 is 4.74 Å². The molecule has 0 aliphatic carbocycles. The van der Waals surface area contributed by atoms with Gasteiger partial charge in [0.05, 0.1) is 5.69 Å². The van der Waals surface area contributed by atoms with Gasteiger partial charge in [-0.15, -0.1) is 0 Å². The van der Waals surface area contributed by atoms with Crippen molar-refractivity contribution in [3.05, 3.63) is 26.9 Å². The minimum atomic E-state index is -0.0718. The molecule has 14 heavy (non-hydrogen) atoms. The monoisotopic (exact) mass is 320 g/mol. The lowest BCUT2D eigenvalue weighted by Crippen LogP contribution is -2.24. The van der Waals surface area contributed by atoms with E-state index in [0.29, 0.717) is 0 Å². The Labute approximate surface area is 99.3 Å². The van der Waals surface area contributed by atoms with Crippen LogP contribution in [0.4, 0.5) is 0 Å². The van der Waals surface area contributed by atoms with E-state index in [-0.39, 0.29) is 12.1 Å². The van der Waals surface area contributed by atoms with Gasteiger partial charge in [-0.3, -0.25) is 4.98 Å². The van der Waals surface area contributed by atoms with Gasteiger partial charge in [-0.25, -0.2) is 0 Å². The maximum absolute atomic E-state index is 5.92. The third kappa shape index (κ3) is 2.00. The number of pyridine rings is 1. The average molecular weight is 322 g/mol. The Morgan fingerprint density at radius 2 is 2.29 bits per heavy atom. The summed E-state index contributed by atoms with van der Waals surface area (Å²) in [6.45, 7) is 0.718. The first kappa shape index (κ1) is 10.5. The van der Waals surface area contributed by atoms with E-state index >= 15 is 0 Å². The van der Waals surface area contributed by atoms with Gasteiger partial charge in [-0.2, -0.15) is 0 Å². The molecule has 0 bridgehead atoms. The minimum Gasteiger partial charge on any atom is -0.370 e. The van der Waals surface area contributed by atoms with Crippen LogP contribution in [0.5, 0.6) is 0 Å². The molecule has 1 saturated heterocycles. The number of hydrogen-bond donors (Lipinski definition) is 1. The lowest BCUT2D eigenvalue weighted by Gasteiger charge is -2.15. The van der Waals surface area contributed by atoms with Crippen LogP contribution < -0.4 is 5.73 Å². The molecule has 2 rings (SSSR count). The van der Waals surface area contributed by atoms with Gasteiger partial charge in [-0.1, -0.05) is 0 Å². The van der Waals surface area contributed by atoms with Crippen LogP contribution in [-0.2, 0) is 4.74 Å².